The average molecular weight is 433 g/mol. The van der Waals surface area contributed by atoms with Gasteiger partial charge in [-0.15, -0.1) is 0 Å². The molecule has 1 atom stereocenters. The predicted octanol–water partition coefficient (Wildman–Crippen LogP) is 2.80. The maximum atomic E-state index is 12.6. The fraction of sp³-hybridized carbons (Fsp3) is 0.522. The molecule has 1 aromatic carbocycles. The van der Waals surface area contributed by atoms with E-state index in [2.05, 4.69) is 0 Å². The number of esters is 2. The Bertz CT molecular complexity index is 794. The number of methoxy groups -OCH3 is 1. The highest BCUT2D eigenvalue weighted by atomic mass is 16.6. The number of piperidine rings is 1. The summed E-state index contributed by atoms with van der Waals surface area (Å²) in [6.07, 6.45) is 4.05. The smallest absolute Gasteiger partial charge is 0.410 e. The van der Waals surface area contributed by atoms with E-state index in [1.165, 1.54) is 13.2 Å². The number of amides is 1. The van der Waals surface area contributed by atoms with Crippen LogP contribution in [-0.2, 0) is 30.4 Å². The topological polar surface area (TPSA) is 108 Å². The first-order valence-electron chi connectivity index (χ1n) is 10.3. The summed E-state index contributed by atoms with van der Waals surface area (Å²) in [5.74, 6) is -1.73. The summed E-state index contributed by atoms with van der Waals surface area (Å²) in [6, 6.07) is 9.10. The molecule has 0 aliphatic carbocycles. The van der Waals surface area contributed by atoms with Gasteiger partial charge in [0.15, 0.2) is 0 Å². The number of nitrogens with zero attached hydrogens (tertiary/aromatic N) is 1. The first-order valence-corrected chi connectivity index (χ1v) is 10.3. The number of nitrogens with two attached hydrogens (primary N) is 1. The van der Waals surface area contributed by atoms with Crippen molar-refractivity contribution in [2.45, 2.75) is 51.4 Å². The zero-order valence-corrected chi connectivity index (χ0v) is 18.6. The maximum Gasteiger partial charge on any atom is 0.410 e. The quantitative estimate of drug-likeness (QED) is 0.319. The van der Waals surface area contributed by atoms with Crippen LogP contribution in [0.3, 0.4) is 0 Å². The molecule has 170 valence electrons. The van der Waals surface area contributed by atoms with Crippen molar-refractivity contribution < 1.29 is 28.6 Å². The number of ether oxygens (including phenoxy) is 3. The summed E-state index contributed by atoms with van der Waals surface area (Å²) in [6.45, 7) is 6.49. The van der Waals surface area contributed by atoms with Gasteiger partial charge in [-0.25, -0.2) is 14.4 Å². The molecule has 1 amide bonds. The van der Waals surface area contributed by atoms with Gasteiger partial charge in [0.25, 0.3) is 0 Å². The number of carbonyl (C=O) groups excluding carboxylic acids is 3. The van der Waals surface area contributed by atoms with Crippen LogP contribution in [-0.4, -0.2) is 54.3 Å². The van der Waals surface area contributed by atoms with Crippen LogP contribution < -0.4 is 5.73 Å². The third kappa shape index (κ3) is 7.10. The van der Waals surface area contributed by atoms with Crippen molar-refractivity contribution in [1.29, 1.82) is 0 Å². The largest absolute Gasteiger partial charge is 0.467 e. The minimum atomic E-state index is -2.04. The summed E-state index contributed by atoms with van der Waals surface area (Å²) < 4.78 is 15.4. The van der Waals surface area contributed by atoms with Crippen LogP contribution in [0.5, 0.6) is 0 Å². The van der Waals surface area contributed by atoms with Gasteiger partial charge in [-0.2, -0.15) is 0 Å². The Labute approximate surface area is 183 Å². The van der Waals surface area contributed by atoms with E-state index in [4.69, 9.17) is 19.9 Å². The van der Waals surface area contributed by atoms with Gasteiger partial charge in [-0.05, 0) is 51.2 Å². The lowest BCUT2D eigenvalue weighted by molar-refractivity contribution is -0.160. The summed E-state index contributed by atoms with van der Waals surface area (Å²) >= 11 is 0. The second-order valence-electron chi connectivity index (χ2n) is 8.59. The minimum absolute atomic E-state index is 0.00225. The van der Waals surface area contributed by atoms with Gasteiger partial charge >= 0.3 is 18.0 Å². The predicted molar refractivity (Wildman–Crippen MR) is 115 cm³/mol. The molecular weight excluding hydrogens is 400 g/mol. The van der Waals surface area contributed by atoms with E-state index < -0.39 is 23.1 Å². The van der Waals surface area contributed by atoms with Gasteiger partial charge in [0.2, 0.25) is 5.54 Å². The Balaban J connectivity index is 1.98. The SMILES string of the molecule is COC(=O)C(N)(C=CC1CCN(C(=O)OC(C)(C)C)CC1)C(=O)OCc1ccccc1. The second-order valence-corrected chi connectivity index (χ2v) is 8.59. The number of carbonyl (C=O) groups is 3. The molecule has 2 rings (SSSR count). The molecule has 1 aliphatic rings. The van der Waals surface area contributed by atoms with Crippen molar-refractivity contribution in [2.24, 2.45) is 11.7 Å². The molecule has 0 aromatic heterocycles. The highest BCUT2D eigenvalue weighted by Crippen LogP contribution is 2.22. The summed E-state index contributed by atoms with van der Waals surface area (Å²) in [5.41, 5.74) is 4.30. The number of hydrogen-bond donors (Lipinski definition) is 1. The lowest BCUT2D eigenvalue weighted by Gasteiger charge is -2.32. The van der Waals surface area contributed by atoms with Gasteiger partial charge in [-0.3, -0.25) is 0 Å². The lowest BCUT2D eigenvalue weighted by atomic mass is 9.92. The van der Waals surface area contributed by atoms with E-state index in [0.717, 1.165) is 5.56 Å². The van der Waals surface area contributed by atoms with Crippen molar-refractivity contribution in [1.82, 2.24) is 4.90 Å². The number of benzene rings is 1. The molecule has 0 radical (unpaired) electrons. The van der Waals surface area contributed by atoms with Crippen LogP contribution in [0.4, 0.5) is 4.79 Å². The van der Waals surface area contributed by atoms with Crippen LogP contribution in [0, 0.1) is 5.92 Å². The maximum absolute atomic E-state index is 12.6. The monoisotopic (exact) mass is 432 g/mol. The van der Waals surface area contributed by atoms with E-state index in [9.17, 15) is 14.4 Å². The number of likely N-dealkylation sites (tertiary alicyclic amines) is 1. The molecule has 0 spiro atoms. The average Bonchev–Trinajstić information content (AvgIpc) is 2.75. The normalized spacial score (nSPS) is 17.1. The molecule has 1 aromatic rings. The van der Waals surface area contributed by atoms with E-state index in [1.54, 1.807) is 23.1 Å². The molecule has 1 heterocycles. The highest BCUT2D eigenvalue weighted by Gasteiger charge is 2.43. The lowest BCUT2D eigenvalue weighted by Crippen LogP contribution is -2.55. The third-order valence-corrected chi connectivity index (χ3v) is 4.90. The van der Waals surface area contributed by atoms with Crippen molar-refractivity contribution in [3.8, 4) is 0 Å². The molecule has 1 unspecified atom stereocenters. The first-order chi connectivity index (χ1) is 14.5. The molecule has 2 N–H and O–H groups in total. The summed E-state index contributed by atoms with van der Waals surface area (Å²) in [4.78, 5) is 38.7. The fourth-order valence-electron chi connectivity index (χ4n) is 3.12. The van der Waals surface area contributed by atoms with E-state index >= 15 is 0 Å². The Morgan fingerprint density at radius 1 is 1.10 bits per heavy atom. The zero-order valence-electron chi connectivity index (χ0n) is 18.6. The summed E-state index contributed by atoms with van der Waals surface area (Å²) in [5, 5.41) is 0. The molecule has 1 fully saturated rings. The number of hydrogen-bond acceptors (Lipinski definition) is 7. The van der Waals surface area contributed by atoms with Gasteiger partial charge in [-0.1, -0.05) is 36.4 Å². The Morgan fingerprint density at radius 3 is 2.26 bits per heavy atom. The van der Waals surface area contributed by atoms with Crippen LogP contribution in [0.2, 0.25) is 0 Å². The fourth-order valence-corrected chi connectivity index (χ4v) is 3.12. The van der Waals surface area contributed by atoms with E-state index in [-0.39, 0.29) is 18.6 Å². The zero-order chi connectivity index (χ0) is 23.1. The summed E-state index contributed by atoms with van der Waals surface area (Å²) in [7, 11) is 1.17. The number of allylic oxidation sites excluding steroid dienone is 1. The Morgan fingerprint density at radius 2 is 1.71 bits per heavy atom. The van der Waals surface area contributed by atoms with Crippen molar-refractivity contribution in [3.63, 3.8) is 0 Å². The van der Waals surface area contributed by atoms with Gasteiger partial charge in [0.05, 0.1) is 7.11 Å². The molecular formula is C23H32N2O6. The molecule has 0 saturated carbocycles. The van der Waals surface area contributed by atoms with Crippen molar-refractivity contribution in [3.05, 3.63) is 48.0 Å². The molecule has 1 saturated heterocycles. The molecule has 8 heteroatoms. The van der Waals surface area contributed by atoms with Gasteiger partial charge < -0.3 is 24.8 Å². The van der Waals surface area contributed by atoms with Crippen molar-refractivity contribution >= 4 is 18.0 Å². The molecule has 1 aliphatic heterocycles. The molecule has 8 nitrogen and oxygen atoms in total. The van der Waals surface area contributed by atoms with Crippen LogP contribution in [0.1, 0.15) is 39.2 Å². The van der Waals surface area contributed by atoms with Crippen LogP contribution >= 0.6 is 0 Å². The van der Waals surface area contributed by atoms with E-state index in [0.29, 0.717) is 25.9 Å². The van der Waals surface area contributed by atoms with Crippen LogP contribution in [0.25, 0.3) is 0 Å². The Hall–Kier alpha value is -2.87. The van der Waals surface area contributed by atoms with Crippen molar-refractivity contribution in [2.75, 3.05) is 20.2 Å². The first kappa shape index (κ1) is 24.4. The molecule has 0 bridgehead atoms. The minimum Gasteiger partial charge on any atom is -0.467 e. The third-order valence-electron chi connectivity index (χ3n) is 4.90. The Kier molecular flexibility index (Phi) is 8.21. The second kappa shape index (κ2) is 10.4. The number of rotatable bonds is 6. The highest BCUT2D eigenvalue weighted by molar-refractivity contribution is 6.07. The van der Waals surface area contributed by atoms with E-state index in [1.807, 2.05) is 39.0 Å². The van der Waals surface area contributed by atoms with Crippen LogP contribution in [0.15, 0.2) is 42.5 Å². The van der Waals surface area contributed by atoms with Gasteiger partial charge in [0, 0.05) is 13.1 Å². The molecule has 31 heavy (non-hydrogen) atoms. The van der Waals surface area contributed by atoms with Gasteiger partial charge in [0.1, 0.15) is 12.2 Å². The standard InChI is InChI=1S/C23H32N2O6/c1-22(2,3)31-21(28)25-14-11-17(12-15-25)10-13-23(24,19(26)29-4)20(27)30-16-18-8-6-5-7-9-18/h5-10,13,17H,11-12,14-16,24H2,1-4H3.